The maximum absolute atomic E-state index is 10.4. The van der Waals surface area contributed by atoms with Crippen molar-refractivity contribution in [2.75, 3.05) is 0 Å². The summed E-state index contributed by atoms with van der Waals surface area (Å²) >= 11 is 0. The minimum atomic E-state index is -0.936. The van der Waals surface area contributed by atoms with E-state index < -0.39 is 5.97 Å². The highest BCUT2D eigenvalue weighted by Crippen LogP contribution is 2.07. The van der Waals surface area contributed by atoms with Crippen LogP contribution >= 0.6 is 0 Å². The number of carboxylic acid groups (broad SMARTS) is 1. The van der Waals surface area contributed by atoms with Gasteiger partial charge in [0.1, 0.15) is 0 Å². The average Bonchev–Trinajstić information content (AvgIpc) is 2.21. The summed E-state index contributed by atoms with van der Waals surface area (Å²) in [7, 11) is 0. The molecule has 0 amide bonds. The monoisotopic (exact) mass is 210 g/mol. The van der Waals surface area contributed by atoms with Gasteiger partial charge in [-0.1, -0.05) is 57.8 Å². The van der Waals surface area contributed by atoms with Crippen LogP contribution in [0.4, 0.5) is 0 Å². The molecule has 0 radical (unpaired) electrons. The maximum Gasteiger partial charge on any atom is 0.335 e. The third kappa shape index (κ3) is 9.26. The Morgan fingerprint density at radius 2 is 1.80 bits per heavy atom. The molecule has 0 fully saturated rings. The molecule has 0 saturated heterocycles. The van der Waals surface area contributed by atoms with Gasteiger partial charge in [-0.3, -0.25) is 0 Å². The standard InChI is InChI=1S/C13H22O2/c1-3-4-5-6-7-8-9-10-11-12(2)13(14)15/h10-11H,2-9H2,1H3,(H,14,15)/b11-10-. The van der Waals surface area contributed by atoms with Crippen molar-refractivity contribution in [2.24, 2.45) is 0 Å². The van der Waals surface area contributed by atoms with E-state index in [1.165, 1.54) is 32.1 Å². The summed E-state index contributed by atoms with van der Waals surface area (Å²) in [4.78, 5) is 10.4. The lowest BCUT2D eigenvalue weighted by Gasteiger charge is -1.97. The average molecular weight is 210 g/mol. The molecular weight excluding hydrogens is 188 g/mol. The molecule has 0 atom stereocenters. The van der Waals surface area contributed by atoms with Crippen LogP contribution in [0.5, 0.6) is 0 Å². The van der Waals surface area contributed by atoms with Crippen molar-refractivity contribution >= 4 is 5.97 Å². The van der Waals surface area contributed by atoms with Crippen LogP contribution in [0.25, 0.3) is 0 Å². The van der Waals surface area contributed by atoms with Crippen molar-refractivity contribution in [1.29, 1.82) is 0 Å². The second-order valence-corrected chi connectivity index (χ2v) is 3.79. The minimum Gasteiger partial charge on any atom is -0.478 e. The van der Waals surface area contributed by atoms with Crippen LogP contribution in [-0.2, 0) is 4.79 Å². The quantitative estimate of drug-likeness (QED) is 0.355. The predicted octanol–water partition coefficient (Wildman–Crippen LogP) is 3.93. The SMILES string of the molecule is C=C(/C=C\CCCCCCCC)C(=O)O. The zero-order chi connectivity index (χ0) is 11.5. The lowest BCUT2D eigenvalue weighted by atomic mass is 10.1. The zero-order valence-corrected chi connectivity index (χ0v) is 9.67. The normalized spacial score (nSPS) is 10.7. The highest BCUT2D eigenvalue weighted by molar-refractivity contribution is 5.88. The summed E-state index contributed by atoms with van der Waals surface area (Å²) in [6.07, 6.45) is 12.0. The molecule has 2 heteroatoms. The molecular formula is C13H22O2. The molecule has 0 aliphatic heterocycles. The predicted molar refractivity (Wildman–Crippen MR) is 63.9 cm³/mol. The maximum atomic E-state index is 10.4. The van der Waals surface area contributed by atoms with Crippen molar-refractivity contribution in [2.45, 2.75) is 51.9 Å². The van der Waals surface area contributed by atoms with Gasteiger partial charge in [0.05, 0.1) is 5.57 Å². The van der Waals surface area contributed by atoms with Crippen molar-refractivity contribution in [1.82, 2.24) is 0 Å². The molecule has 15 heavy (non-hydrogen) atoms. The van der Waals surface area contributed by atoms with Crippen molar-refractivity contribution in [3.8, 4) is 0 Å². The Balaban J connectivity index is 3.31. The fourth-order valence-electron chi connectivity index (χ4n) is 1.34. The number of rotatable bonds is 9. The molecule has 0 aliphatic rings. The molecule has 86 valence electrons. The molecule has 0 heterocycles. The Morgan fingerprint density at radius 3 is 2.40 bits per heavy atom. The molecule has 0 saturated carbocycles. The van der Waals surface area contributed by atoms with E-state index in [0.717, 1.165) is 12.8 Å². The smallest absolute Gasteiger partial charge is 0.335 e. The zero-order valence-electron chi connectivity index (χ0n) is 9.67. The summed E-state index contributed by atoms with van der Waals surface area (Å²) in [6, 6.07) is 0. The van der Waals surface area contributed by atoms with Gasteiger partial charge in [-0.05, 0) is 12.8 Å². The summed E-state index contributed by atoms with van der Waals surface area (Å²) in [5, 5.41) is 8.53. The van der Waals surface area contributed by atoms with Gasteiger partial charge in [0.25, 0.3) is 0 Å². The number of aliphatic carboxylic acids is 1. The fourth-order valence-corrected chi connectivity index (χ4v) is 1.34. The van der Waals surface area contributed by atoms with E-state index in [9.17, 15) is 4.79 Å². The van der Waals surface area contributed by atoms with Crippen LogP contribution in [0.15, 0.2) is 24.3 Å². The van der Waals surface area contributed by atoms with Crippen molar-refractivity contribution in [3.63, 3.8) is 0 Å². The highest BCUT2D eigenvalue weighted by Gasteiger charge is 1.96. The van der Waals surface area contributed by atoms with Gasteiger partial charge < -0.3 is 5.11 Å². The lowest BCUT2D eigenvalue weighted by Crippen LogP contribution is -1.94. The third-order valence-corrected chi connectivity index (χ3v) is 2.32. The molecule has 0 aromatic carbocycles. The Labute approximate surface area is 92.7 Å². The Bertz CT molecular complexity index is 217. The van der Waals surface area contributed by atoms with E-state index >= 15 is 0 Å². The Kier molecular flexibility index (Phi) is 8.84. The molecule has 0 aliphatic carbocycles. The number of hydrogen-bond donors (Lipinski definition) is 1. The highest BCUT2D eigenvalue weighted by atomic mass is 16.4. The van der Waals surface area contributed by atoms with E-state index in [1.54, 1.807) is 6.08 Å². The van der Waals surface area contributed by atoms with Crippen LogP contribution in [0.3, 0.4) is 0 Å². The number of carbonyl (C=O) groups is 1. The lowest BCUT2D eigenvalue weighted by molar-refractivity contribution is -0.132. The van der Waals surface area contributed by atoms with E-state index in [4.69, 9.17) is 5.11 Å². The molecule has 0 unspecified atom stereocenters. The molecule has 0 rings (SSSR count). The molecule has 0 bridgehead atoms. The largest absolute Gasteiger partial charge is 0.478 e. The number of unbranched alkanes of at least 4 members (excludes halogenated alkanes) is 6. The van der Waals surface area contributed by atoms with Gasteiger partial charge in [-0.15, -0.1) is 0 Å². The van der Waals surface area contributed by atoms with Crippen LogP contribution in [-0.4, -0.2) is 11.1 Å². The van der Waals surface area contributed by atoms with Gasteiger partial charge >= 0.3 is 5.97 Å². The Hall–Kier alpha value is -1.05. The summed E-state index contributed by atoms with van der Waals surface area (Å²) in [5.74, 6) is -0.936. The second kappa shape index (κ2) is 9.50. The second-order valence-electron chi connectivity index (χ2n) is 3.79. The van der Waals surface area contributed by atoms with Gasteiger partial charge in [0.2, 0.25) is 0 Å². The van der Waals surface area contributed by atoms with E-state index in [2.05, 4.69) is 13.5 Å². The van der Waals surface area contributed by atoms with Crippen molar-refractivity contribution in [3.05, 3.63) is 24.3 Å². The molecule has 0 aromatic rings. The first-order valence-electron chi connectivity index (χ1n) is 5.77. The number of hydrogen-bond acceptors (Lipinski definition) is 1. The van der Waals surface area contributed by atoms with E-state index in [1.807, 2.05) is 6.08 Å². The van der Waals surface area contributed by atoms with Crippen molar-refractivity contribution < 1.29 is 9.90 Å². The fraction of sp³-hybridized carbons (Fsp3) is 0.615. The van der Waals surface area contributed by atoms with E-state index in [0.29, 0.717) is 0 Å². The molecule has 2 nitrogen and oxygen atoms in total. The first-order chi connectivity index (χ1) is 7.18. The topological polar surface area (TPSA) is 37.3 Å². The summed E-state index contributed by atoms with van der Waals surface area (Å²) < 4.78 is 0. The molecule has 1 N–H and O–H groups in total. The van der Waals surface area contributed by atoms with Crippen LogP contribution in [0.1, 0.15) is 51.9 Å². The number of carboxylic acids is 1. The Morgan fingerprint density at radius 1 is 1.20 bits per heavy atom. The molecule has 0 spiro atoms. The minimum absolute atomic E-state index is 0.168. The summed E-state index contributed by atoms with van der Waals surface area (Å²) in [6.45, 7) is 5.63. The first-order valence-corrected chi connectivity index (χ1v) is 5.77. The van der Waals surface area contributed by atoms with E-state index in [-0.39, 0.29) is 5.57 Å². The first kappa shape index (κ1) is 13.9. The number of allylic oxidation sites excluding steroid dienone is 1. The van der Waals surface area contributed by atoms with Gasteiger partial charge in [0.15, 0.2) is 0 Å². The van der Waals surface area contributed by atoms with Gasteiger partial charge in [0, 0.05) is 0 Å². The molecule has 0 aromatic heterocycles. The van der Waals surface area contributed by atoms with Gasteiger partial charge in [-0.2, -0.15) is 0 Å². The van der Waals surface area contributed by atoms with Crippen LogP contribution < -0.4 is 0 Å². The van der Waals surface area contributed by atoms with Crippen LogP contribution in [0.2, 0.25) is 0 Å². The van der Waals surface area contributed by atoms with Crippen LogP contribution in [0, 0.1) is 0 Å². The van der Waals surface area contributed by atoms with Gasteiger partial charge in [-0.25, -0.2) is 4.79 Å². The third-order valence-electron chi connectivity index (χ3n) is 2.32. The summed E-state index contributed by atoms with van der Waals surface area (Å²) in [5.41, 5.74) is 0.168.